The first kappa shape index (κ1) is 19.3. The van der Waals surface area contributed by atoms with Gasteiger partial charge in [-0.2, -0.15) is 5.10 Å². The number of nitrogens with one attached hydrogen (secondary N) is 1. The molecule has 140 valence electrons. The van der Waals surface area contributed by atoms with Crippen molar-refractivity contribution in [3.8, 4) is 5.75 Å². The molecule has 0 heterocycles. The summed E-state index contributed by atoms with van der Waals surface area (Å²) < 4.78 is 18.1. The first-order valence-electron chi connectivity index (χ1n) is 8.18. The summed E-state index contributed by atoms with van der Waals surface area (Å²) in [4.78, 5) is 23.9. The van der Waals surface area contributed by atoms with Crippen molar-refractivity contribution < 1.29 is 18.7 Å². The van der Waals surface area contributed by atoms with E-state index < -0.39 is 17.7 Å². The minimum absolute atomic E-state index is 0.293. The van der Waals surface area contributed by atoms with E-state index in [1.807, 2.05) is 0 Å². The van der Waals surface area contributed by atoms with E-state index in [0.29, 0.717) is 27.5 Å². The van der Waals surface area contributed by atoms with Gasteiger partial charge in [-0.05, 0) is 72.3 Å². The number of amides is 1. The third kappa shape index (κ3) is 5.25. The van der Waals surface area contributed by atoms with Crippen molar-refractivity contribution >= 4 is 29.7 Å². The van der Waals surface area contributed by atoms with Crippen LogP contribution in [0.4, 0.5) is 4.39 Å². The summed E-state index contributed by atoms with van der Waals surface area (Å²) in [5.41, 5.74) is 3.68. The fourth-order valence-electron chi connectivity index (χ4n) is 2.23. The Morgan fingerprint density at radius 1 is 0.964 bits per heavy atom. The number of rotatable bonds is 5. The predicted octanol–water partition coefficient (Wildman–Crippen LogP) is 4.46. The van der Waals surface area contributed by atoms with Crippen molar-refractivity contribution in [2.24, 2.45) is 5.10 Å². The Morgan fingerprint density at radius 3 is 2.36 bits per heavy atom. The molecule has 0 saturated carbocycles. The van der Waals surface area contributed by atoms with E-state index in [0.717, 1.165) is 0 Å². The lowest BCUT2D eigenvalue weighted by atomic mass is 10.2. The second-order valence-corrected chi connectivity index (χ2v) is 6.11. The van der Waals surface area contributed by atoms with E-state index in [1.165, 1.54) is 36.5 Å². The van der Waals surface area contributed by atoms with Crippen molar-refractivity contribution in [2.75, 3.05) is 0 Å². The first-order valence-corrected chi connectivity index (χ1v) is 8.56. The summed E-state index contributed by atoms with van der Waals surface area (Å²) in [5.74, 6) is -1.03. The van der Waals surface area contributed by atoms with Gasteiger partial charge in [-0.25, -0.2) is 14.6 Å². The molecule has 0 spiro atoms. The van der Waals surface area contributed by atoms with Gasteiger partial charge in [0.1, 0.15) is 11.6 Å². The summed E-state index contributed by atoms with van der Waals surface area (Å²) in [5, 5.41) is 4.30. The van der Waals surface area contributed by atoms with E-state index in [-0.39, 0.29) is 0 Å². The van der Waals surface area contributed by atoms with E-state index >= 15 is 0 Å². The van der Waals surface area contributed by atoms with Crippen LogP contribution in [0.3, 0.4) is 0 Å². The predicted molar refractivity (Wildman–Crippen MR) is 104 cm³/mol. The third-order valence-electron chi connectivity index (χ3n) is 3.64. The van der Waals surface area contributed by atoms with E-state index in [9.17, 15) is 14.0 Å². The van der Waals surface area contributed by atoms with E-state index in [4.69, 9.17) is 16.3 Å². The van der Waals surface area contributed by atoms with Crippen LogP contribution in [0, 0.1) is 5.82 Å². The van der Waals surface area contributed by atoms with Gasteiger partial charge in [0.05, 0.1) is 11.8 Å². The fraction of sp³-hybridized carbons (Fsp3) is 0. The van der Waals surface area contributed by atoms with Gasteiger partial charge < -0.3 is 4.74 Å². The Bertz CT molecular complexity index is 1020. The standard InChI is InChI=1S/C21H14ClFN2O3/c22-17-3-1-2-16(12-17)21(27)28-19-10-4-14(5-11-19)13-24-25-20(26)15-6-8-18(23)9-7-15/h1-13H,(H,25,26)/b24-13+. The van der Waals surface area contributed by atoms with Gasteiger partial charge >= 0.3 is 5.97 Å². The number of carbonyl (C=O) groups excluding carboxylic acids is 2. The third-order valence-corrected chi connectivity index (χ3v) is 3.87. The molecule has 28 heavy (non-hydrogen) atoms. The highest BCUT2D eigenvalue weighted by molar-refractivity contribution is 6.30. The Kier molecular flexibility index (Phi) is 6.14. The molecule has 3 aromatic rings. The van der Waals surface area contributed by atoms with Gasteiger partial charge in [-0.3, -0.25) is 4.79 Å². The highest BCUT2D eigenvalue weighted by atomic mass is 35.5. The number of esters is 1. The number of benzene rings is 3. The molecule has 0 aromatic heterocycles. The van der Waals surface area contributed by atoms with Crippen molar-refractivity contribution in [3.05, 3.63) is 100 Å². The molecular weight excluding hydrogens is 383 g/mol. The van der Waals surface area contributed by atoms with Crippen molar-refractivity contribution in [1.82, 2.24) is 5.43 Å². The number of ether oxygens (including phenoxy) is 1. The second-order valence-electron chi connectivity index (χ2n) is 5.67. The SMILES string of the molecule is O=C(N/N=C/c1ccc(OC(=O)c2cccc(Cl)c2)cc1)c1ccc(F)cc1. The van der Waals surface area contributed by atoms with E-state index in [1.54, 1.807) is 42.5 Å². The maximum atomic E-state index is 12.9. The van der Waals surface area contributed by atoms with Crippen LogP contribution in [0.2, 0.25) is 5.02 Å². The minimum Gasteiger partial charge on any atom is -0.423 e. The summed E-state index contributed by atoms with van der Waals surface area (Å²) >= 11 is 5.86. The number of hydrogen-bond donors (Lipinski definition) is 1. The van der Waals surface area contributed by atoms with Gasteiger partial charge in [0.25, 0.3) is 5.91 Å². The number of carbonyl (C=O) groups is 2. The summed E-state index contributed by atoms with van der Waals surface area (Å²) in [6, 6.07) is 18.1. The largest absolute Gasteiger partial charge is 0.423 e. The molecular formula is C21H14ClFN2O3. The average molecular weight is 397 g/mol. The van der Waals surface area contributed by atoms with Crippen molar-refractivity contribution in [2.45, 2.75) is 0 Å². The van der Waals surface area contributed by atoms with Crippen molar-refractivity contribution in [1.29, 1.82) is 0 Å². The molecule has 0 aliphatic heterocycles. The zero-order chi connectivity index (χ0) is 19.9. The maximum Gasteiger partial charge on any atom is 0.343 e. The Balaban J connectivity index is 1.56. The fourth-order valence-corrected chi connectivity index (χ4v) is 2.42. The second kappa shape index (κ2) is 8.92. The highest BCUT2D eigenvalue weighted by Gasteiger charge is 2.09. The summed E-state index contributed by atoms with van der Waals surface area (Å²) in [6.45, 7) is 0. The van der Waals surface area contributed by atoms with Gasteiger partial charge in [0, 0.05) is 10.6 Å². The summed E-state index contributed by atoms with van der Waals surface area (Å²) in [7, 11) is 0. The molecule has 1 amide bonds. The molecule has 0 aliphatic carbocycles. The molecule has 7 heteroatoms. The minimum atomic E-state index is -0.518. The molecule has 0 bridgehead atoms. The Hall–Kier alpha value is -3.51. The lowest BCUT2D eigenvalue weighted by molar-refractivity contribution is 0.0734. The molecule has 0 atom stereocenters. The zero-order valence-corrected chi connectivity index (χ0v) is 15.2. The zero-order valence-electron chi connectivity index (χ0n) is 14.4. The summed E-state index contributed by atoms with van der Waals surface area (Å²) in [6.07, 6.45) is 1.43. The van der Waals surface area contributed by atoms with Crippen LogP contribution in [-0.2, 0) is 0 Å². The molecule has 0 fully saturated rings. The normalized spacial score (nSPS) is 10.6. The molecule has 1 N–H and O–H groups in total. The van der Waals surface area contributed by atoms with E-state index in [2.05, 4.69) is 10.5 Å². The number of hydrogen-bond acceptors (Lipinski definition) is 4. The molecule has 3 rings (SSSR count). The molecule has 0 unspecified atom stereocenters. The monoisotopic (exact) mass is 396 g/mol. The molecule has 5 nitrogen and oxygen atoms in total. The van der Waals surface area contributed by atoms with Crippen LogP contribution < -0.4 is 10.2 Å². The Labute approximate surface area is 165 Å². The van der Waals surface area contributed by atoms with Crippen LogP contribution in [0.15, 0.2) is 77.9 Å². The molecule has 0 aliphatic rings. The van der Waals surface area contributed by atoms with Crippen LogP contribution in [0.25, 0.3) is 0 Å². The topological polar surface area (TPSA) is 67.8 Å². The highest BCUT2D eigenvalue weighted by Crippen LogP contribution is 2.16. The maximum absolute atomic E-state index is 12.9. The molecule has 3 aromatic carbocycles. The van der Waals surface area contributed by atoms with Crippen LogP contribution >= 0.6 is 11.6 Å². The number of nitrogens with zero attached hydrogens (tertiary/aromatic N) is 1. The lowest BCUT2D eigenvalue weighted by Crippen LogP contribution is -2.17. The van der Waals surface area contributed by atoms with Crippen LogP contribution in [-0.4, -0.2) is 18.1 Å². The number of hydrazone groups is 1. The van der Waals surface area contributed by atoms with Gasteiger partial charge in [0.2, 0.25) is 0 Å². The molecule has 0 radical (unpaired) electrons. The number of halogens is 2. The average Bonchev–Trinajstić information content (AvgIpc) is 2.69. The quantitative estimate of drug-likeness (QED) is 0.299. The van der Waals surface area contributed by atoms with Crippen LogP contribution in [0.5, 0.6) is 5.75 Å². The Morgan fingerprint density at radius 2 is 1.68 bits per heavy atom. The van der Waals surface area contributed by atoms with Gasteiger partial charge in [-0.15, -0.1) is 0 Å². The van der Waals surface area contributed by atoms with Gasteiger partial charge in [-0.1, -0.05) is 17.7 Å². The lowest BCUT2D eigenvalue weighted by Gasteiger charge is -2.05. The first-order chi connectivity index (χ1) is 13.5. The van der Waals surface area contributed by atoms with Crippen LogP contribution in [0.1, 0.15) is 26.3 Å². The van der Waals surface area contributed by atoms with Crippen molar-refractivity contribution in [3.63, 3.8) is 0 Å². The smallest absolute Gasteiger partial charge is 0.343 e. The molecule has 0 saturated heterocycles. The van der Waals surface area contributed by atoms with Gasteiger partial charge in [0.15, 0.2) is 0 Å².